The molecule has 0 saturated heterocycles. The van der Waals surface area contributed by atoms with Gasteiger partial charge in [0.2, 0.25) is 10.0 Å². The van der Waals surface area contributed by atoms with Crippen LogP contribution in [0.1, 0.15) is 40.2 Å². The molecule has 0 radical (unpaired) electrons. The van der Waals surface area contributed by atoms with Crippen molar-refractivity contribution in [1.82, 2.24) is 4.31 Å². The van der Waals surface area contributed by atoms with Gasteiger partial charge in [0.1, 0.15) is 0 Å². The summed E-state index contributed by atoms with van der Waals surface area (Å²) in [6.45, 7) is 9.82. The van der Waals surface area contributed by atoms with Gasteiger partial charge in [0.25, 0.3) is 0 Å². The summed E-state index contributed by atoms with van der Waals surface area (Å²) in [6.07, 6.45) is 0. The fourth-order valence-electron chi connectivity index (χ4n) is 1.74. The van der Waals surface area contributed by atoms with Gasteiger partial charge in [-0.25, -0.2) is 8.42 Å². The van der Waals surface area contributed by atoms with E-state index < -0.39 is 10.0 Å². The number of nitrogens with zero attached hydrogens (tertiary/aromatic N) is 1. The third kappa shape index (κ3) is 2.93. The van der Waals surface area contributed by atoms with Crippen LogP contribution in [-0.4, -0.2) is 25.8 Å². The van der Waals surface area contributed by atoms with Crippen LogP contribution in [0.15, 0.2) is 29.2 Å². The molecule has 102 valence electrons. The minimum atomic E-state index is -3.42. The molecule has 0 heterocycles. The Morgan fingerprint density at radius 2 is 1.61 bits per heavy atom. The van der Waals surface area contributed by atoms with Crippen molar-refractivity contribution in [3.8, 4) is 0 Å². The number of hydrogen-bond donors (Lipinski definition) is 0. The van der Waals surface area contributed by atoms with Crippen molar-refractivity contribution in [2.75, 3.05) is 7.05 Å². The zero-order valence-electron chi connectivity index (χ0n) is 12.1. The number of sulfonamides is 1. The standard InChI is InChI=1S/C14H23NO2S/c1-11(2)15(6)18(16,17)13-10-8-7-9-12(13)14(3,4)5/h7-11H,1-6H3. The van der Waals surface area contributed by atoms with E-state index in [2.05, 4.69) is 0 Å². The van der Waals surface area contributed by atoms with E-state index in [0.29, 0.717) is 4.90 Å². The fraction of sp³-hybridized carbons (Fsp3) is 0.571. The van der Waals surface area contributed by atoms with Gasteiger partial charge in [-0.2, -0.15) is 4.31 Å². The Kier molecular flexibility index (Phi) is 4.23. The summed E-state index contributed by atoms with van der Waals surface area (Å²) in [7, 11) is -1.79. The van der Waals surface area contributed by atoms with E-state index in [0.717, 1.165) is 5.56 Å². The van der Waals surface area contributed by atoms with Crippen LogP contribution in [0.4, 0.5) is 0 Å². The van der Waals surface area contributed by atoms with E-state index in [1.807, 2.05) is 46.8 Å². The van der Waals surface area contributed by atoms with E-state index in [1.165, 1.54) is 4.31 Å². The topological polar surface area (TPSA) is 37.4 Å². The molecule has 0 aromatic heterocycles. The molecule has 1 rings (SSSR count). The van der Waals surface area contributed by atoms with Gasteiger partial charge in [0, 0.05) is 13.1 Å². The maximum atomic E-state index is 12.6. The quantitative estimate of drug-likeness (QED) is 0.846. The van der Waals surface area contributed by atoms with Crippen molar-refractivity contribution in [1.29, 1.82) is 0 Å². The van der Waals surface area contributed by atoms with Gasteiger partial charge in [-0.05, 0) is 30.9 Å². The lowest BCUT2D eigenvalue weighted by Crippen LogP contribution is -2.34. The van der Waals surface area contributed by atoms with Crippen LogP contribution in [0.2, 0.25) is 0 Å². The molecule has 0 saturated carbocycles. The molecule has 0 bridgehead atoms. The van der Waals surface area contributed by atoms with Crippen molar-refractivity contribution in [2.45, 2.75) is 51.0 Å². The lowest BCUT2D eigenvalue weighted by Gasteiger charge is -2.27. The third-order valence-electron chi connectivity index (χ3n) is 3.08. The summed E-state index contributed by atoms with van der Waals surface area (Å²) in [4.78, 5) is 0.411. The van der Waals surface area contributed by atoms with Gasteiger partial charge in [0.05, 0.1) is 4.90 Å². The highest BCUT2D eigenvalue weighted by Crippen LogP contribution is 2.30. The number of rotatable bonds is 3. The van der Waals surface area contributed by atoms with E-state index >= 15 is 0 Å². The van der Waals surface area contributed by atoms with Crippen molar-refractivity contribution >= 4 is 10.0 Å². The van der Waals surface area contributed by atoms with Gasteiger partial charge >= 0.3 is 0 Å². The minimum absolute atomic E-state index is 0.0528. The summed E-state index contributed by atoms with van der Waals surface area (Å²) in [5, 5.41) is 0. The Labute approximate surface area is 111 Å². The van der Waals surface area contributed by atoms with E-state index in [1.54, 1.807) is 19.2 Å². The molecule has 0 atom stereocenters. The van der Waals surface area contributed by atoms with Crippen LogP contribution in [0, 0.1) is 0 Å². The van der Waals surface area contributed by atoms with Crippen molar-refractivity contribution in [3.05, 3.63) is 29.8 Å². The Morgan fingerprint density at radius 1 is 1.11 bits per heavy atom. The zero-order valence-corrected chi connectivity index (χ0v) is 12.9. The predicted molar refractivity (Wildman–Crippen MR) is 75.2 cm³/mol. The van der Waals surface area contributed by atoms with Gasteiger partial charge < -0.3 is 0 Å². The molecular formula is C14H23NO2S. The van der Waals surface area contributed by atoms with Crippen molar-refractivity contribution in [3.63, 3.8) is 0 Å². The first kappa shape index (κ1) is 15.2. The molecule has 0 aliphatic heterocycles. The monoisotopic (exact) mass is 269 g/mol. The first-order valence-electron chi connectivity index (χ1n) is 6.16. The lowest BCUT2D eigenvalue weighted by atomic mass is 9.87. The molecule has 0 spiro atoms. The summed E-state index contributed by atoms with van der Waals surface area (Å²) in [6, 6.07) is 7.18. The lowest BCUT2D eigenvalue weighted by molar-refractivity contribution is 0.408. The molecule has 0 N–H and O–H groups in total. The van der Waals surface area contributed by atoms with E-state index in [-0.39, 0.29) is 11.5 Å². The van der Waals surface area contributed by atoms with Crippen molar-refractivity contribution in [2.24, 2.45) is 0 Å². The molecule has 18 heavy (non-hydrogen) atoms. The normalized spacial score (nSPS) is 13.3. The highest BCUT2D eigenvalue weighted by atomic mass is 32.2. The Hall–Kier alpha value is -0.870. The summed E-state index contributed by atoms with van der Waals surface area (Å²) in [5.41, 5.74) is 0.666. The average molecular weight is 269 g/mol. The Balaban J connectivity index is 3.43. The SMILES string of the molecule is CC(C)N(C)S(=O)(=O)c1ccccc1C(C)(C)C. The van der Waals surface area contributed by atoms with Crippen LogP contribution in [0.5, 0.6) is 0 Å². The highest BCUT2D eigenvalue weighted by molar-refractivity contribution is 7.89. The van der Waals surface area contributed by atoms with Gasteiger partial charge in [0.15, 0.2) is 0 Å². The molecule has 3 nitrogen and oxygen atoms in total. The second kappa shape index (κ2) is 5.02. The summed E-state index contributed by atoms with van der Waals surface area (Å²) < 4.78 is 26.5. The van der Waals surface area contributed by atoms with Crippen LogP contribution in [0.3, 0.4) is 0 Å². The maximum Gasteiger partial charge on any atom is 0.243 e. The van der Waals surface area contributed by atoms with Crippen LogP contribution < -0.4 is 0 Å². The van der Waals surface area contributed by atoms with Gasteiger partial charge in [-0.15, -0.1) is 0 Å². The van der Waals surface area contributed by atoms with Crippen LogP contribution in [-0.2, 0) is 15.4 Å². The fourth-order valence-corrected chi connectivity index (χ4v) is 3.51. The molecule has 1 aromatic carbocycles. The number of benzene rings is 1. The Morgan fingerprint density at radius 3 is 2.06 bits per heavy atom. The molecule has 0 amide bonds. The van der Waals surface area contributed by atoms with Crippen LogP contribution in [0.25, 0.3) is 0 Å². The smallest absolute Gasteiger partial charge is 0.207 e. The van der Waals surface area contributed by atoms with Crippen LogP contribution >= 0.6 is 0 Å². The third-order valence-corrected chi connectivity index (χ3v) is 5.17. The van der Waals surface area contributed by atoms with Gasteiger partial charge in [-0.3, -0.25) is 0 Å². The second-order valence-corrected chi connectivity index (χ2v) is 7.83. The summed E-state index contributed by atoms with van der Waals surface area (Å²) in [5.74, 6) is 0. The first-order chi connectivity index (χ1) is 8.08. The van der Waals surface area contributed by atoms with E-state index in [4.69, 9.17) is 0 Å². The first-order valence-corrected chi connectivity index (χ1v) is 7.60. The molecule has 1 aromatic rings. The molecule has 0 unspecified atom stereocenters. The van der Waals surface area contributed by atoms with Crippen molar-refractivity contribution < 1.29 is 8.42 Å². The van der Waals surface area contributed by atoms with E-state index in [9.17, 15) is 8.42 Å². The maximum absolute atomic E-state index is 12.6. The molecule has 0 aliphatic rings. The minimum Gasteiger partial charge on any atom is -0.207 e. The van der Waals surface area contributed by atoms with Gasteiger partial charge in [-0.1, -0.05) is 39.0 Å². The predicted octanol–water partition coefficient (Wildman–Crippen LogP) is 3.01. The highest BCUT2D eigenvalue weighted by Gasteiger charge is 2.29. The summed E-state index contributed by atoms with van der Waals surface area (Å²) >= 11 is 0. The zero-order chi connectivity index (χ0) is 14.1. The molecular weight excluding hydrogens is 246 g/mol. The molecule has 0 fully saturated rings. The number of hydrogen-bond acceptors (Lipinski definition) is 2. The molecule has 4 heteroatoms. The largest absolute Gasteiger partial charge is 0.243 e. The molecule has 0 aliphatic carbocycles. The second-order valence-electron chi connectivity index (χ2n) is 5.86. The average Bonchev–Trinajstić information content (AvgIpc) is 2.26. The Bertz CT molecular complexity index is 513.